The first-order chi connectivity index (χ1) is 10.5. The maximum atomic E-state index is 12.8. The summed E-state index contributed by atoms with van der Waals surface area (Å²) < 4.78 is 1.71. The van der Waals surface area contributed by atoms with Crippen LogP contribution in [0.25, 0.3) is 5.69 Å². The van der Waals surface area contributed by atoms with E-state index in [2.05, 4.69) is 4.98 Å². The molecule has 0 saturated heterocycles. The molecule has 3 rings (SSSR count). The van der Waals surface area contributed by atoms with E-state index in [0.29, 0.717) is 29.4 Å². The molecule has 0 radical (unpaired) electrons. The quantitative estimate of drug-likeness (QED) is 0.942. The second-order valence-electron chi connectivity index (χ2n) is 5.81. The molecule has 2 aromatic rings. The van der Waals surface area contributed by atoms with E-state index in [1.54, 1.807) is 15.5 Å². The summed E-state index contributed by atoms with van der Waals surface area (Å²) in [6, 6.07) is 7.21. The van der Waals surface area contributed by atoms with Crippen molar-refractivity contribution < 1.29 is 14.7 Å². The summed E-state index contributed by atoms with van der Waals surface area (Å²) in [5.41, 5.74) is 1.77. The zero-order valence-corrected chi connectivity index (χ0v) is 12.5. The van der Waals surface area contributed by atoms with Gasteiger partial charge in [-0.1, -0.05) is 26.0 Å². The Bertz CT molecular complexity index is 749. The molecule has 1 aromatic carbocycles. The molecule has 6 nitrogen and oxygen atoms in total. The second-order valence-corrected chi connectivity index (χ2v) is 5.81. The van der Waals surface area contributed by atoms with Gasteiger partial charge >= 0.3 is 5.97 Å². The largest absolute Gasteiger partial charge is 0.476 e. The van der Waals surface area contributed by atoms with Gasteiger partial charge in [0.15, 0.2) is 5.69 Å². The fourth-order valence-corrected chi connectivity index (χ4v) is 2.79. The Balaban J connectivity index is 2.20. The van der Waals surface area contributed by atoms with Crippen molar-refractivity contribution in [3.63, 3.8) is 0 Å². The van der Waals surface area contributed by atoms with Gasteiger partial charge in [0.1, 0.15) is 6.33 Å². The summed E-state index contributed by atoms with van der Waals surface area (Å²) in [5, 5.41) is 9.32. The number of amides is 1. The van der Waals surface area contributed by atoms with Crippen molar-refractivity contribution in [2.75, 3.05) is 6.54 Å². The summed E-state index contributed by atoms with van der Waals surface area (Å²) in [4.78, 5) is 29.8. The lowest BCUT2D eigenvalue weighted by atomic mass is 10.1. The highest BCUT2D eigenvalue weighted by atomic mass is 16.4. The fraction of sp³-hybridized carbons (Fsp3) is 0.312. The van der Waals surface area contributed by atoms with Crippen molar-refractivity contribution in [2.45, 2.75) is 20.4 Å². The van der Waals surface area contributed by atoms with Gasteiger partial charge in [-0.05, 0) is 18.1 Å². The molecule has 1 aromatic heterocycles. The SMILES string of the molecule is CC(C)CN1Cc2c(C(=O)O)ncn2-c2ccccc2C1=O. The topological polar surface area (TPSA) is 75.4 Å². The lowest BCUT2D eigenvalue weighted by Crippen LogP contribution is -2.33. The first-order valence-corrected chi connectivity index (χ1v) is 7.17. The molecule has 1 N–H and O–H groups in total. The van der Waals surface area contributed by atoms with Crippen molar-refractivity contribution in [3.8, 4) is 5.69 Å². The number of fused-ring (bicyclic) bond motifs is 3. The Morgan fingerprint density at radius 3 is 2.77 bits per heavy atom. The van der Waals surface area contributed by atoms with Crippen LogP contribution in [-0.2, 0) is 6.54 Å². The van der Waals surface area contributed by atoms with Gasteiger partial charge in [-0.25, -0.2) is 9.78 Å². The van der Waals surface area contributed by atoms with E-state index in [0.717, 1.165) is 0 Å². The van der Waals surface area contributed by atoms with E-state index < -0.39 is 5.97 Å². The molecule has 114 valence electrons. The molecule has 2 heterocycles. The van der Waals surface area contributed by atoms with Crippen molar-refractivity contribution >= 4 is 11.9 Å². The summed E-state index contributed by atoms with van der Waals surface area (Å²) in [6.45, 7) is 4.86. The average Bonchev–Trinajstić information content (AvgIpc) is 2.84. The van der Waals surface area contributed by atoms with Crippen LogP contribution in [0.15, 0.2) is 30.6 Å². The highest BCUT2D eigenvalue weighted by Crippen LogP contribution is 2.26. The maximum Gasteiger partial charge on any atom is 0.356 e. The molecule has 0 unspecified atom stereocenters. The maximum absolute atomic E-state index is 12.8. The van der Waals surface area contributed by atoms with E-state index in [1.165, 1.54) is 6.33 Å². The second kappa shape index (κ2) is 5.29. The predicted molar refractivity (Wildman–Crippen MR) is 80.1 cm³/mol. The summed E-state index contributed by atoms with van der Waals surface area (Å²) in [6.07, 6.45) is 1.48. The molecule has 0 fully saturated rings. The molecule has 1 aliphatic heterocycles. The van der Waals surface area contributed by atoms with Crippen molar-refractivity contribution in [2.24, 2.45) is 5.92 Å². The number of nitrogens with zero attached hydrogens (tertiary/aromatic N) is 3. The van der Waals surface area contributed by atoms with Gasteiger partial charge in [0.05, 0.1) is 23.5 Å². The minimum absolute atomic E-state index is 0.00161. The lowest BCUT2D eigenvalue weighted by molar-refractivity contribution is 0.0673. The van der Waals surface area contributed by atoms with E-state index in [4.69, 9.17) is 0 Å². The molecule has 0 bridgehead atoms. The number of carbonyl (C=O) groups excluding carboxylic acids is 1. The number of hydrogen-bond acceptors (Lipinski definition) is 3. The lowest BCUT2D eigenvalue weighted by Gasteiger charge is -2.22. The Labute approximate surface area is 128 Å². The number of benzene rings is 1. The van der Waals surface area contributed by atoms with E-state index >= 15 is 0 Å². The first-order valence-electron chi connectivity index (χ1n) is 7.17. The highest BCUT2D eigenvalue weighted by molar-refractivity contribution is 5.99. The molecular weight excluding hydrogens is 282 g/mol. The Hall–Kier alpha value is -2.63. The molecule has 0 saturated carbocycles. The smallest absolute Gasteiger partial charge is 0.356 e. The molecule has 1 aliphatic rings. The minimum Gasteiger partial charge on any atom is -0.476 e. The number of para-hydroxylation sites is 1. The number of rotatable bonds is 3. The predicted octanol–water partition coefficient (Wildman–Crippen LogP) is 2.18. The third-order valence-corrected chi connectivity index (χ3v) is 3.68. The Morgan fingerprint density at radius 1 is 1.36 bits per heavy atom. The first kappa shape index (κ1) is 14.3. The third kappa shape index (κ3) is 2.26. The van der Waals surface area contributed by atoms with Crippen LogP contribution in [0.4, 0.5) is 0 Å². The average molecular weight is 299 g/mol. The number of aromatic nitrogens is 2. The molecule has 0 aliphatic carbocycles. The monoisotopic (exact) mass is 299 g/mol. The number of aromatic carboxylic acids is 1. The molecule has 22 heavy (non-hydrogen) atoms. The molecule has 6 heteroatoms. The van der Waals surface area contributed by atoms with Crippen LogP contribution in [0, 0.1) is 5.92 Å². The molecular formula is C16H17N3O3. The number of carboxylic acid groups (broad SMARTS) is 1. The van der Waals surface area contributed by atoms with Crippen LogP contribution in [0.1, 0.15) is 40.4 Å². The van der Waals surface area contributed by atoms with Crippen molar-refractivity contribution in [1.29, 1.82) is 0 Å². The normalized spacial score (nSPS) is 13.8. The summed E-state index contributed by atoms with van der Waals surface area (Å²) in [7, 11) is 0. The standard InChI is InChI=1S/C16H17N3O3/c1-10(2)7-18-8-13-14(16(21)22)17-9-19(13)12-6-4-3-5-11(12)15(18)20/h3-6,9-10H,7-8H2,1-2H3,(H,21,22). The highest BCUT2D eigenvalue weighted by Gasteiger charge is 2.29. The Morgan fingerprint density at radius 2 is 2.09 bits per heavy atom. The van der Waals surface area contributed by atoms with Gasteiger partial charge in [0.2, 0.25) is 0 Å². The van der Waals surface area contributed by atoms with Gasteiger partial charge in [-0.3, -0.25) is 9.36 Å². The van der Waals surface area contributed by atoms with Gasteiger partial charge in [-0.15, -0.1) is 0 Å². The third-order valence-electron chi connectivity index (χ3n) is 3.68. The van der Waals surface area contributed by atoms with Gasteiger partial charge in [0, 0.05) is 6.54 Å². The van der Waals surface area contributed by atoms with E-state index in [1.807, 2.05) is 32.0 Å². The number of imidazole rings is 1. The zero-order valence-electron chi connectivity index (χ0n) is 12.5. The van der Waals surface area contributed by atoms with Crippen LogP contribution < -0.4 is 0 Å². The fourth-order valence-electron chi connectivity index (χ4n) is 2.79. The van der Waals surface area contributed by atoms with Crippen molar-refractivity contribution in [1.82, 2.24) is 14.5 Å². The van der Waals surface area contributed by atoms with Crippen LogP contribution >= 0.6 is 0 Å². The number of carboxylic acids is 1. The van der Waals surface area contributed by atoms with Gasteiger partial charge in [-0.2, -0.15) is 0 Å². The van der Waals surface area contributed by atoms with Crippen LogP contribution in [0.5, 0.6) is 0 Å². The molecule has 1 amide bonds. The number of carbonyl (C=O) groups is 2. The van der Waals surface area contributed by atoms with Gasteiger partial charge in [0.25, 0.3) is 5.91 Å². The summed E-state index contributed by atoms with van der Waals surface area (Å²) in [5.74, 6) is -0.867. The van der Waals surface area contributed by atoms with Crippen LogP contribution in [0.3, 0.4) is 0 Å². The summed E-state index contributed by atoms with van der Waals surface area (Å²) >= 11 is 0. The van der Waals surface area contributed by atoms with Gasteiger partial charge < -0.3 is 10.0 Å². The van der Waals surface area contributed by atoms with Crippen LogP contribution in [-0.4, -0.2) is 38.0 Å². The number of hydrogen-bond donors (Lipinski definition) is 1. The van der Waals surface area contributed by atoms with Crippen molar-refractivity contribution in [3.05, 3.63) is 47.5 Å². The molecule has 0 atom stereocenters. The Kier molecular flexibility index (Phi) is 3.44. The van der Waals surface area contributed by atoms with E-state index in [9.17, 15) is 14.7 Å². The minimum atomic E-state index is -1.08. The zero-order chi connectivity index (χ0) is 15.9. The molecule has 0 spiro atoms. The van der Waals surface area contributed by atoms with Crippen LogP contribution in [0.2, 0.25) is 0 Å². The van der Waals surface area contributed by atoms with E-state index in [-0.39, 0.29) is 18.1 Å².